The van der Waals surface area contributed by atoms with E-state index < -0.39 is 24.2 Å². The summed E-state index contributed by atoms with van der Waals surface area (Å²) in [5.41, 5.74) is -0.503. The molecule has 0 amide bonds. The van der Waals surface area contributed by atoms with Crippen LogP contribution in [0.4, 0.5) is 22.0 Å². The van der Waals surface area contributed by atoms with E-state index >= 15 is 0 Å². The molecule has 2 N–H and O–H groups in total. The van der Waals surface area contributed by atoms with E-state index in [2.05, 4.69) is 10.1 Å². The Morgan fingerprint density at radius 3 is 2.24 bits per heavy atom. The Kier molecular flexibility index (Phi) is 6.36. The molecule has 0 aliphatic heterocycles. The number of ether oxygens (including phenoxy) is 1. The van der Waals surface area contributed by atoms with E-state index in [1.807, 2.05) is 6.92 Å². The molecular weight excluding hydrogens is 297 g/mol. The molecule has 0 spiro atoms. The Bertz CT molecular complexity index is 314. The van der Waals surface area contributed by atoms with Gasteiger partial charge in [-0.2, -0.15) is 22.0 Å². The summed E-state index contributed by atoms with van der Waals surface area (Å²) in [4.78, 5) is 0. The maximum absolute atomic E-state index is 12.6. The van der Waals surface area contributed by atoms with Crippen LogP contribution in [-0.2, 0) is 4.74 Å². The summed E-state index contributed by atoms with van der Waals surface area (Å²) in [7, 11) is 0. The van der Waals surface area contributed by atoms with E-state index in [-0.39, 0.29) is 13.2 Å². The second-order valence-electron chi connectivity index (χ2n) is 5.57. The fraction of sp³-hybridized carbons (Fsp3) is 1.00. The molecule has 0 aromatic heterocycles. The smallest absolute Gasteiger partial charge is 0.394 e. The second kappa shape index (κ2) is 7.19. The van der Waals surface area contributed by atoms with Gasteiger partial charge in [-0.25, -0.2) is 0 Å². The largest absolute Gasteiger partial charge is 0.455 e. The van der Waals surface area contributed by atoms with Crippen molar-refractivity contribution in [3.63, 3.8) is 0 Å². The predicted octanol–water partition coefficient (Wildman–Crippen LogP) is 2.87. The van der Waals surface area contributed by atoms with E-state index in [4.69, 9.17) is 0 Å². The first-order chi connectivity index (χ1) is 9.66. The van der Waals surface area contributed by atoms with E-state index in [1.54, 1.807) is 0 Å². The first-order valence-electron chi connectivity index (χ1n) is 7.06. The highest BCUT2D eigenvalue weighted by Crippen LogP contribution is 2.35. The van der Waals surface area contributed by atoms with Crippen molar-refractivity contribution in [3.8, 4) is 0 Å². The Balaban J connectivity index is 2.28. The van der Waals surface area contributed by atoms with Crippen LogP contribution < -0.4 is 5.32 Å². The maximum Gasteiger partial charge on any atom is 0.455 e. The van der Waals surface area contributed by atoms with Crippen LogP contribution in [0.2, 0.25) is 0 Å². The van der Waals surface area contributed by atoms with Crippen LogP contribution in [0.1, 0.15) is 39.0 Å². The molecule has 126 valence electrons. The lowest BCUT2D eigenvalue weighted by molar-refractivity contribution is -0.296. The predicted molar refractivity (Wildman–Crippen MR) is 67.3 cm³/mol. The molecule has 1 saturated carbocycles. The molecule has 0 saturated heterocycles. The minimum atomic E-state index is -5.58. The lowest BCUT2D eigenvalue weighted by atomic mass is 9.91. The maximum atomic E-state index is 12.6. The minimum Gasteiger partial charge on any atom is -0.394 e. The van der Waals surface area contributed by atoms with Gasteiger partial charge in [-0.05, 0) is 32.1 Å². The van der Waals surface area contributed by atoms with Crippen LogP contribution in [0.15, 0.2) is 0 Å². The number of rotatable bonds is 10. The van der Waals surface area contributed by atoms with Crippen molar-refractivity contribution in [2.75, 3.05) is 19.8 Å². The molecule has 0 aromatic carbocycles. The van der Waals surface area contributed by atoms with E-state index in [1.165, 1.54) is 0 Å². The summed E-state index contributed by atoms with van der Waals surface area (Å²) in [6, 6.07) is 0.368. The van der Waals surface area contributed by atoms with Crippen molar-refractivity contribution in [2.24, 2.45) is 0 Å². The van der Waals surface area contributed by atoms with Gasteiger partial charge in [0.2, 0.25) is 0 Å². The molecule has 0 bridgehead atoms. The topological polar surface area (TPSA) is 41.5 Å². The molecule has 0 aromatic rings. The highest BCUT2D eigenvalue weighted by atomic mass is 19.4. The molecule has 1 aliphatic carbocycles. The van der Waals surface area contributed by atoms with Gasteiger partial charge >= 0.3 is 12.1 Å². The third-order valence-corrected chi connectivity index (χ3v) is 3.71. The number of halogens is 5. The monoisotopic (exact) mass is 319 g/mol. The van der Waals surface area contributed by atoms with Gasteiger partial charge in [0.1, 0.15) is 6.61 Å². The first-order valence-corrected chi connectivity index (χ1v) is 7.06. The Labute approximate surface area is 120 Å². The standard InChI is InChI=1S/C13H22F5NO2/c1-2-11(8-20,19-10-4-5-10)6-3-7-21-9-12(14,15)13(16,17)18/h10,19-20H,2-9H2,1H3. The third kappa shape index (κ3) is 5.67. The summed E-state index contributed by atoms with van der Waals surface area (Å²) >= 11 is 0. The average molecular weight is 319 g/mol. The zero-order valence-corrected chi connectivity index (χ0v) is 12.0. The van der Waals surface area contributed by atoms with Crippen LogP contribution in [0, 0.1) is 0 Å². The zero-order valence-electron chi connectivity index (χ0n) is 12.0. The first kappa shape index (κ1) is 18.6. The van der Waals surface area contributed by atoms with Crippen LogP contribution in [-0.4, -0.2) is 48.6 Å². The summed E-state index contributed by atoms with van der Waals surface area (Å²) < 4.78 is 65.4. The number of aliphatic hydroxyl groups excluding tert-OH is 1. The zero-order chi connectivity index (χ0) is 16.1. The second-order valence-corrected chi connectivity index (χ2v) is 5.57. The van der Waals surface area contributed by atoms with Crippen LogP contribution in [0.3, 0.4) is 0 Å². The lowest BCUT2D eigenvalue weighted by Crippen LogP contribution is -2.49. The molecule has 0 radical (unpaired) electrons. The van der Waals surface area contributed by atoms with Gasteiger partial charge in [0.15, 0.2) is 0 Å². The van der Waals surface area contributed by atoms with E-state index in [0.717, 1.165) is 12.8 Å². The van der Waals surface area contributed by atoms with Gasteiger partial charge in [0.25, 0.3) is 0 Å². The van der Waals surface area contributed by atoms with Gasteiger partial charge in [0.05, 0.1) is 6.61 Å². The normalized spacial score (nSPS) is 19.6. The van der Waals surface area contributed by atoms with Gasteiger partial charge in [-0.15, -0.1) is 0 Å². The van der Waals surface area contributed by atoms with Crippen molar-refractivity contribution >= 4 is 0 Å². The summed E-state index contributed by atoms with van der Waals surface area (Å²) in [6.45, 7) is -0.0620. The number of hydrogen-bond donors (Lipinski definition) is 2. The fourth-order valence-electron chi connectivity index (χ4n) is 2.04. The summed E-state index contributed by atoms with van der Waals surface area (Å²) in [5.74, 6) is -4.82. The molecule has 8 heteroatoms. The van der Waals surface area contributed by atoms with E-state index in [9.17, 15) is 27.1 Å². The molecule has 1 atom stereocenters. The molecule has 3 nitrogen and oxygen atoms in total. The molecule has 21 heavy (non-hydrogen) atoms. The number of hydrogen-bond acceptors (Lipinski definition) is 3. The van der Waals surface area contributed by atoms with Crippen molar-refractivity contribution in [1.82, 2.24) is 5.32 Å². The third-order valence-electron chi connectivity index (χ3n) is 3.71. The highest BCUT2D eigenvalue weighted by molar-refractivity contribution is 4.94. The van der Waals surface area contributed by atoms with Gasteiger partial charge in [-0.3, -0.25) is 0 Å². The SMILES string of the molecule is CCC(CO)(CCCOCC(F)(F)C(F)(F)F)NC1CC1. The number of aliphatic hydroxyl groups is 1. The molecular formula is C13H22F5NO2. The summed E-state index contributed by atoms with van der Waals surface area (Å²) in [6.07, 6.45) is -2.08. The molecule has 0 heterocycles. The summed E-state index contributed by atoms with van der Waals surface area (Å²) in [5, 5.41) is 12.8. The molecule has 1 fully saturated rings. The Hall–Kier alpha value is -0.470. The number of nitrogens with one attached hydrogen (secondary N) is 1. The number of alkyl halides is 5. The van der Waals surface area contributed by atoms with Crippen LogP contribution >= 0.6 is 0 Å². The van der Waals surface area contributed by atoms with Crippen molar-refractivity contribution < 1.29 is 31.8 Å². The van der Waals surface area contributed by atoms with Crippen LogP contribution in [0.25, 0.3) is 0 Å². The molecule has 1 unspecified atom stereocenters. The van der Waals surface area contributed by atoms with Gasteiger partial charge in [0, 0.05) is 18.2 Å². The minimum absolute atomic E-state index is 0.0985. The van der Waals surface area contributed by atoms with Gasteiger partial charge < -0.3 is 15.2 Å². The van der Waals surface area contributed by atoms with Crippen molar-refractivity contribution in [2.45, 2.75) is 62.7 Å². The van der Waals surface area contributed by atoms with Gasteiger partial charge in [-0.1, -0.05) is 6.92 Å². The lowest BCUT2D eigenvalue weighted by Gasteiger charge is -2.32. The fourth-order valence-corrected chi connectivity index (χ4v) is 2.04. The average Bonchev–Trinajstić information content (AvgIpc) is 3.19. The quantitative estimate of drug-likeness (QED) is 0.480. The Morgan fingerprint density at radius 2 is 1.81 bits per heavy atom. The van der Waals surface area contributed by atoms with Crippen LogP contribution in [0.5, 0.6) is 0 Å². The molecule has 1 rings (SSSR count). The van der Waals surface area contributed by atoms with Crippen molar-refractivity contribution in [3.05, 3.63) is 0 Å². The molecule has 1 aliphatic rings. The Morgan fingerprint density at radius 1 is 1.19 bits per heavy atom. The van der Waals surface area contributed by atoms with Crippen molar-refractivity contribution in [1.29, 1.82) is 0 Å². The van der Waals surface area contributed by atoms with E-state index in [0.29, 0.717) is 25.3 Å². The highest BCUT2D eigenvalue weighted by Gasteiger charge is 2.57.